The van der Waals surface area contributed by atoms with Crippen molar-refractivity contribution in [2.75, 3.05) is 13.1 Å². The number of carbonyl (C=O) groups is 1. The van der Waals surface area contributed by atoms with Crippen LogP contribution in [0.4, 0.5) is 0 Å². The Morgan fingerprint density at radius 3 is 2.86 bits per heavy atom. The molecule has 1 unspecified atom stereocenters. The van der Waals surface area contributed by atoms with Crippen LogP contribution < -0.4 is 0 Å². The lowest BCUT2D eigenvalue weighted by Crippen LogP contribution is -2.41. The molecule has 0 aromatic carbocycles. The molecule has 22 heavy (non-hydrogen) atoms. The largest absolute Gasteiger partial charge is 0.347 e. The fourth-order valence-electron chi connectivity index (χ4n) is 3.36. The van der Waals surface area contributed by atoms with Crippen molar-refractivity contribution in [1.82, 2.24) is 19.0 Å². The third-order valence-corrected chi connectivity index (χ3v) is 4.66. The van der Waals surface area contributed by atoms with Crippen molar-refractivity contribution in [3.63, 3.8) is 0 Å². The maximum atomic E-state index is 12.6. The zero-order valence-corrected chi connectivity index (χ0v) is 13.6. The first-order valence-corrected chi connectivity index (χ1v) is 7.95. The maximum Gasteiger partial charge on any atom is 0.270 e. The van der Waals surface area contributed by atoms with Crippen LogP contribution in [0, 0.1) is 19.8 Å². The second-order valence-electron chi connectivity index (χ2n) is 6.32. The average Bonchev–Trinajstić information content (AvgIpc) is 3.07. The molecule has 1 amide bonds. The molecule has 1 saturated heterocycles. The van der Waals surface area contributed by atoms with Gasteiger partial charge in [-0.3, -0.25) is 4.79 Å². The Kier molecular flexibility index (Phi) is 4.05. The summed E-state index contributed by atoms with van der Waals surface area (Å²) < 4.78 is 4.16. The quantitative estimate of drug-likeness (QED) is 0.873. The second kappa shape index (κ2) is 5.99. The average molecular weight is 300 g/mol. The zero-order valence-electron chi connectivity index (χ0n) is 13.6. The number of hydrogen-bond acceptors (Lipinski definition) is 2. The van der Waals surface area contributed by atoms with Gasteiger partial charge in [0.25, 0.3) is 5.91 Å². The van der Waals surface area contributed by atoms with Gasteiger partial charge in [-0.2, -0.15) is 0 Å². The molecule has 1 aliphatic rings. The molecule has 3 heterocycles. The van der Waals surface area contributed by atoms with Crippen LogP contribution in [0.5, 0.6) is 0 Å². The Balaban J connectivity index is 1.69. The van der Waals surface area contributed by atoms with E-state index in [4.69, 9.17) is 0 Å². The molecule has 0 saturated carbocycles. The molecule has 5 heteroatoms. The molecule has 118 valence electrons. The first-order valence-electron chi connectivity index (χ1n) is 7.95. The maximum absolute atomic E-state index is 12.6. The molecule has 1 atom stereocenters. The van der Waals surface area contributed by atoms with E-state index < -0.39 is 0 Å². The van der Waals surface area contributed by atoms with Crippen molar-refractivity contribution in [2.24, 2.45) is 13.0 Å². The van der Waals surface area contributed by atoms with Gasteiger partial charge in [-0.05, 0) is 44.7 Å². The van der Waals surface area contributed by atoms with Gasteiger partial charge in [-0.25, -0.2) is 4.98 Å². The number of imidazole rings is 1. The highest BCUT2D eigenvalue weighted by atomic mass is 16.2. The minimum absolute atomic E-state index is 0.149. The summed E-state index contributed by atoms with van der Waals surface area (Å²) in [7, 11) is 1.92. The predicted octanol–water partition coefficient (Wildman–Crippen LogP) is 2.39. The monoisotopic (exact) mass is 300 g/mol. The smallest absolute Gasteiger partial charge is 0.270 e. The summed E-state index contributed by atoms with van der Waals surface area (Å²) in [5.41, 5.74) is 1.97. The van der Waals surface area contributed by atoms with E-state index in [-0.39, 0.29) is 5.91 Å². The molecule has 1 aliphatic heterocycles. The first kappa shape index (κ1) is 14.9. The minimum atomic E-state index is 0.149. The fourth-order valence-corrected chi connectivity index (χ4v) is 3.36. The van der Waals surface area contributed by atoms with E-state index in [1.165, 1.54) is 12.1 Å². The van der Waals surface area contributed by atoms with Crippen molar-refractivity contribution in [3.8, 4) is 0 Å². The van der Waals surface area contributed by atoms with E-state index in [0.717, 1.165) is 37.6 Å². The van der Waals surface area contributed by atoms with Gasteiger partial charge >= 0.3 is 0 Å². The lowest BCUT2D eigenvalue weighted by Gasteiger charge is -2.33. The van der Waals surface area contributed by atoms with Crippen LogP contribution >= 0.6 is 0 Å². The Bertz CT molecular complexity index is 651. The predicted molar refractivity (Wildman–Crippen MR) is 85.7 cm³/mol. The summed E-state index contributed by atoms with van der Waals surface area (Å²) in [5.74, 6) is 1.71. The van der Waals surface area contributed by atoms with Crippen LogP contribution in [0.1, 0.15) is 34.8 Å². The van der Waals surface area contributed by atoms with E-state index in [9.17, 15) is 4.79 Å². The molecule has 1 fully saturated rings. The van der Waals surface area contributed by atoms with Crippen molar-refractivity contribution in [1.29, 1.82) is 0 Å². The Morgan fingerprint density at radius 1 is 1.41 bits per heavy atom. The van der Waals surface area contributed by atoms with Crippen LogP contribution in [0.2, 0.25) is 0 Å². The fraction of sp³-hybridized carbons (Fsp3) is 0.529. The summed E-state index contributed by atoms with van der Waals surface area (Å²) >= 11 is 0. The third-order valence-electron chi connectivity index (χ3n) is 4.66. The van der Waals surface area contributed by atoms with Gasteiger partial charge in [0, 0.05) is 44.8 Å². The number of aryl methyl sites for hydroxylation is 3. The molecular weight excluding hydrogens is 276 g/mol. The number of hydrogen-bond donors (Lipinski definition) is 0. The van der Waals surface area contributed by atoms with E-state index in [2.05, 4.69) is 16.5 Å². The van der Waals surface area contributed by atoms with E-state index in [0.29, 0.717) is 5.92 Å². The SMILES string of the molecule is Cc1cnc(C)n1CC1CCCN(C(=O)c2cccn2C)C1. The summed E-state index contributed by atoms with van der Waals surface area (Å²) in [6.07, 6.45) is 6.10. The molecule has 0 aliphatic carbocycles. The molecule has 0 bridgehead atoms. The summed E-state index contributed by atoms with van der Waals surface area (Å²) in [4.78, 5) is 19.0. The van der Waals surface area contributed by atoms with Gasteiger partial charge in [0.15, 0.2) is 0 Å². The number of carbonyl (C=O) groups excluding carboxylic acids is 1. The number of likely N-dealkylation sites (tertiary alicyclic amines) is 1. The molecule has 0 N–H and O–H groups in total. The van der Waals surface area contributed by atoms with Gasteiger partial charge in [0.2, 0.25) is 0 Å². The highest BCUT2D eigenvalue weighted by Crippen LogP contribution is 2.21. The lowest BCUT2D eigenvalue weighted by atomic mass is 9.97. The molecule has 2 aromatic rings. The summed E-state index contributed by atoms with van der Waals surface area (Å²) in [5, 5.41) is 0. The highest BCUT2D eigenvalue weighted by molar-refractivity contribution is 5.92. The summed E-state index contributed by atoms with van der Waals surface area (Å²) in [6, 6.07) is 3.82. The highest BCUT2D eigenvalue weighted by Gasteiger charge is 2.26. The number of aromatic nitrogens is 3. The zero-order chi connectivity index (χ0) is 15.7. The van der Waals surface area contributed by atoms with Crippen LogP contribution in [-0.2, 0) is 13.6 Å². The Morgan fingerprint density at radius 2 is 2.23 bits per heavy atom. The molecule has 0 spiro atoms. The van der Waals surface area contributed by atoms with Gasteiger partial charge in [0.05, 0.1) is 0 Å². The number of rotatable bonds is 3. The van der Waals surface area contributed by atoms with Crippen LogP contribution in [-0.4, -0.2) is 38.0 Å². The Labute approximate surface area is 131 Å². The number of nitrogens with zero attached hydrogens (tertiary/aromatic N) is 4. The van der Waals surface area contributed by atoms with Crippen molar-refractivity contribution < 1.29 is 4.79 Å². The van der Waals surface area contributed by atoms with Crippen molar-refractivity contribution in [2.45, 2.75) is 33.2 Å². The Hall–Kier alpha value is -2.04. The van der Waals surface area contributed by atoms with Crippen LogP contribution in [0.15, 0.2) is 24.5 Å². The molecule has 5 nitrogen and oxygen atoms in total. The minimum Gasteiger partial charge on any atom is -0.347 e. The molecular formula is C17H24N4O. The standard InChI is InChI=1S/C17H24N4O/c1-13-10-18-14(2)21(13)12-15-6-4-9-20(11-15)17(22)16-7-5-8-19(16)3/h5,7-8,10,15H,4,6,9,11-12H2,1-3H3. The second-order valence-corrected chi connectivity index (χ2v) is 6.32. The number of piperidine rings is 1. The summed E-state index contributed by atoms with van der Waals surface area (Å²) in [6.45, 7) is 6.79. The lowest BCUT2D eigenvalue weighted by molar-refractivity contribution is 0.0652. The van der Waals surface area contributed by atoms with Gasteiger partial charge in [0.1, 0.15) is 11.5 Å². The van der Waals surface area contributed by atoms with Crippen LogP contribution in [0.25, 0.3) is 0 Å². The first-order chi connectivity index (χ1) is 10.6. The third kappa shape index (κ3) is 2.80. The van der Waals surface area contributed by atoms with Gasteiger partial charge in [-0.1, -0.05) is 0 Å². The molecule has 0 radical (unpaired) electrons. The van der Waals surface area contributed by atoms with Gasteiger partial charge in [-0.15, -0.1) is 0 Å². The number of amides is 1. The van der Waals surface area contributed by atoms with Crippen molar-refractivity contribution in [3.05, 3.63) is 41.7 Å². The van der Waals surface area contributed by atoms with Crippen molar-refractivity contribution >= 4 is 5.91 Å². The normalized spacial score (nSPS) is 18.7. The van der Waals surface area contributed by atoms with Gasteiger partial charge < -0.3 is 14.0 Å². The van der Waals surface area contributed by atoms with E-state index in [1.54, 1.807) is 0 Å². The van der Waals surface area contributed by atoms with E-state index in [1.807, 2.05) is 48.0 Å². The van der Waals surface area contributed by atoms with E-state index >= 15 is 0 Å². The molecule has 3 rings (SSSR count). The topological polar surface area (TPSA) is 43.1 Å². The molecule has 2 aromatic heterocycles. The van der Waals surface area contributed by atoms with Crippen LogP contribution in [0.3, 0.4) is 0 Å².